The SMILES string of the molecule is C/C=C/c1cc(C)ccc1C. The monoisotopic (exact) mass is 146 g/mol. The van der Waals surface area contributed by atoms with Gasteiger partial charge in [0.2, 0.25) is 0 Å². The van der Waals surface area contributed by atoms with Crippen LogP contribution in [0.1, 0.15) is 23.6 Å². The summed E-state index contributed by atoms with van der Waals surface area (Å²) in [6.07, 6.45) is 4.21. The van der Waals surface area contributed by atoms with Crippen LogP contribution in [-0.4, -0.2) is 0 Å². The van der Waals surface area contributed by atoms with Gasteiger partial charge in [0.1, 0.15) is 0 Å². The molecule has 0 saturated carbocycles. The summed E-state index contributed by atoms with van der Waals surface area (Å²) in [6.45, 7) is 6.29. The predicted octanol–water partition coefficient (Wildman–Crippen LogP) is 3.34. The van der Waals surface area contributed by atoms with Crippen LogP contribution in [0, 0.1) is 13.8 Å². The molecule has 0 nitrogen and oxygen atoms in total. The van der Waals surface area contributed by atoms with E-state index in [9.17, 15) is 0 Å². The number of hydrogen-bond donors (Lipinski definition) is 0. The standard InChI is InChI=1S/C11H14/c1-4-5-11-8-9(2)6-7-10(11)3/h4-8H,1-3H3/b5-4+. The van der Waals surface area contributed by atoms with Gasteiger partial charge in [-0.15, -0.1) is 0 Å². The van der Waals surface area contributed by atoms with Crippen molar-refractivity contribution < 1.29 is 0 Å². The number of aryl methyl sites for hydroxylation is 2. The zero-order valence-electron chi connectivity index (χ0n) is 7.39. The highest BCUT2D eigenvalue weighted by atomic mass is 14.0. The fraction of sp³-hybridized carbons (Fsp3) is 0.273. The lowest BCUT2D eigenvalue weighted by Crippen LogP contribution is -1.81. The van der Waals surface area contributed by atoms with Gasteiger partial charge >= 0.3 is 0 Å². The highest BCUT2D eigenvalue weighted by Gasteiger charge is 1.92. The molecule has 0 bridgehead atoms. The topological polar surface area (TPSA) is 0 Å². The van der Waals surface area contributed by atoms with E-state index in [0.29, 0.717) is 0 Å². The van der Waals surface area contributed by atoms with Crippen molar-refractivity contribution in [3.8, 4) is 0 Å². The molecule has 1 rings (SSSR count). The van der Waals surface area contributed by atoms with Gasteiger partial charge in [-0.25, -0.2) is 0 Å². The third kappa shape index (κ3) is 1.94. The van der Waals surface area contributed by atoms with Gasteiger partial charge in [0, 0.05) is 0 Å². The smallest absolute Gasteiger partial charge is 0.0228 e. The largest absolute Gasteiger partial charge is 0.0871 e. The Morgan fingerprint density at radius 2 is 1.91 bits per heavy atom. The van der Waals surface area contributed by atoms with E-state index in [1.807, 2.05) is 6.92 Å². The maximum absolute atomic E-state index is 2.20. The van der Waals surface area contributed by atoms with Gasteiger partial charge in [-0.3, -0.25) is 0 Å². The van der Waals surface area contributed by atoms with Crippen LogP contribution in [-0.2, 0) is 0 Å². The van der Waals surface area contributed by atoms with E-state index in [1.54, 1.807) is 0 Å². The second kappa shape index (κ2) is 3.38. The highest BCUT2D eigenvalue weighted by Crippen LogP contribution is 2.11. The van der Waals surface area contributed by atoms with Crippen molar-refractivity contribution in [2.24, 2.45) is 0 Å². The summed E-state index contributed by atoms with van der Waals surface area (Å²) in [4.78, 5) is 0. The predicted molar refractivity (Wildman–Crippen MR) is 50.6 cm³/mol. The molecular weight excluding hydrogens is 132 g/mol. The maximum atomic E-state index is 2.20. The third-order valence-corrected chi connectivity index (χ3v) is 1.78. The van der Waals surface area contributed by atoms with Crippen LogP contribution in [0.2, 0.25) is 0 Å². The Hall–Kier alpha value is -1.04. The first-order chi connectivity index (χ1) is 5.24. The first kappa shape index (κ1) is 8.06. The lowest BCUT2D eigenvalue weighted by molar-refractivity contribution is 1.37. The fourth-order valence-electron chi connectivity index (χ4n) is 1.12. The Labute approximate surface area is 68.6 Å². The Morgan fingerprint density at radius 1 is 1.18 bits per heavy atom. The molecule has 0 amide bonds. The maximum Gasteiger partial charge on any atom is -0.0228 e. The summed E-state index contributed by atoms with van der Waals surface area (Å²) in [6, 6.07) is 6.50. The Balaban J connectivity index is 3.12. The summed E-state index contributed by atoms with van der Waals surface area (Å²) < 4.78 is 0. The van der Waals surface area contributed by atoms with Crippen LogP contribution < -0.4 is 0 Å². The molecular formula is C11H14. The molecule has 0 radical (unpaired) electrons. The van der Waals surface area contributed by atoms with E-state index in [-0.39, 0.29) is 0 Å². The molecule has 0 aromatic heterocycles. The second-order valence-electron chi connectivity index (χ2n) is 2.86. The van der Waals surface area contributed by atoms with Crippen molar-refractivity contribution in [1.82, 2.24) is 0 Å². The molecule has 0 heteroatoms. The molecule has 0 aliphatic rings. The Kier molecular flexibility index (Phi) is 2.48. The Bertz CT molecular complexity index is 269. The first-order valence-electron chi connectivity index (χ1n) is 3.94. The van der Waals surface area contributed by atoms with Gasteiger partial charge in [-0.2, -0.15) is 0 Å². The minimum atomic E-state index is 1.32. The van der Waals surface area contributed by atoms with Gasteiger partial charge in [-0.1, -0.05) is 35.9 Å². The van der Waals surface area contributed by atoms with E-state index in [2.05, 4.69) is 44.2 Å². The lowest BCUT2D eigenvalue weighted by Gasteiger charge is -2.00. The van der Waals surface area contributed by atoms with Crippen LogP contribution in [0.5, 0.6) is 0 Å². The normalized spacial score (nSPS) is 10.8. The molecule has 1 aromatic rings. The van der Waals surface area contributed by atoms with Crippen molar-refractivity contribution in [2.75, 3.05) is 0 Å². The van der Waals surface area contributed by atoms with Gasteiger partial charge < -0.3 is 0 Å². The molecule has 0 aliphatic heterocycles. The zero-order valence-corrected chi connectivity index (χ0v) is 7.39. The zero-order chi connectivity index (χ0) is 8.27. The van der Waals surface area contributed by atoms with Crippen LogP contribution in [0.4, 0.5) is 0 Å². The quantitative estimate of drug-likeness (QED) is 0.570. The van der Waals surface area contributed by atoms with E-state index >= 15 is 0 Å². The summed E-state index contributed by atoms with van der Waals surface area (Å²) in [5, 5.41) is 0. The van der Waals surface area contributed by atoms with Crippen molar-refractivity contribution in [2.45, 2.75) is 20.8 Å². The first-order valence-corrected chi connectivity index (χ1v) is 3.94. The average molecular weight is 146 g/mol. The molecule has 11 heavy (non-hydrogen) atoms. The fourth-order valence-corrected chi connectivity index (χ4v) is 1.12. The van der Waals surface area contributed by atoms with Crippen LogP contribution in [0.25, 0.3) is 6.08 Å². The molecule has 0 atom stereocenters. The molecule has 0 heterocycles. The molecule has 0 aliphatic carbocycles. The lowest BCUT2D eigenvalue weighted by atomic mass is 10.1. The molecule has 58 valence electrons. The number of hydrogen-bond acceptors (Lipinski definition) is 0. The molecule has 0 saturated heterocycles. The summed E-state index contributed by atoms with van der Waals surface area (Å²) in [5.41, 5.74) is 3.99. The number of allylic oxidation sites excluding steroid dienone is 1. The van der Waals surface area contributed by atoms with Crippen LogP contribution in [0.15, 0.2) is 24.3 Å². The molecule has 0 fully saturated rings. The number of benzene rings is 1. The Morgan fingerprint density at radius 3 is 2.55 bits per heavy atom. The van der Waals surface area contributed by atoms with E-state index in [4.69, 9.17) is 0 Å². The van der Waals surface area contributed by atoms with E-state index in [1.165, 1.54) is 16.7 Å². The van der Waals surface area contributed by atoms with Gasteiger partial charge in [0.25, 0.3) is 0 Å². The van der Waals surface area contributed by atoms with Crippen molar-refractivity contribution in [3.05, 3.63) is 41.0 Å². The van der Waals surface area contributed by atoms with Crippen molar-refractivity contribution >= 4 is 6.08 Å². The molecule has 1 aromatic carbocycles. The molecule has 0 unspecified atom stereocenters. The molecule has 0 N–H and O–H groups in total. The average Bonchev–Trinajstić information content (AvgIpc) is 1.98. The third-order valence-electron chi connectivity index (χ3n) is 1.78. The minimum absolute atomic E-state index is 1.32. The number of rotatable bonds is 1. The summed E-state index contributed by atoms with van der Waals surface area (Å²) in [7, 11) is 0. The molecule has 0 spiro atoms. The van der Waals surface area contributed by atoms with E-state index in [0.717, 1.165) is 0 Å². The van der Waals surface area contributed by atoms with E-state index < -0.39 is 0 Å². The van der Waals surface area contributed by atoms with Crippen LogP contribution in [0.3, 0.4) is 0 Å². The highest BCUT2D eigenvalue weighted by molar-refractivity contribution is 5.54. The van der Waals surface area contributed by atoms with Crippen molar-refractivity contribution in [3.63, 3.8) is 0 Å². The van der Waals surface area contributed by atoms with Crippen molar-refractivity contribution in [1.29, 1.82) is 0 Å². The van der Waals surface area contributed by atoms with Gasteiger partial charge in [-0.05, 0) is 31.9 Å². The second-order valence-corrected chi connectivity index (χ2v) is 2.86. The van der Waals surface area contributed by atoms with Gasteiger partial charge in [0.05, 0.1) is 0 Å². The minimum Gasteiger partial charge on any atom is -0.0871 e. The summed E-state index contributed by atoms with van der Waals surface area (Å²) >= 11 is 0. The van der Waals surface area contributed by atoms with Gasteiger partial charge in [0.15, 0.2) is 0 Å². The van der Waals surface area contributed by atoms with Crippen LogP contribution >= 0.6 is 0 Å². The summed E-state index contributed by atoms with van der Waals surface area (Å²) in [5.74, 6) is 0.